The maximum absolute atomic E-state index is 13.3. The first-order valence-corrected chi connectivity index (χ1v) is 9.35. The molecule has 0 unspecified atom stereocenters. The lowest BCUT2D eigenvalue weighted by Gasteiger charge is -2.37. The number of anilines is 1. The van der Waals surface area contributed by atoms with Gasteiger partial charge in [-0.15, -0.1) is 0 Å². The molecule has 0 radical (unpaired) electrons. The van der Waals surface area contributed by atoms with Crippen LogP contribution >= 0.6 is 7.60 Å². The summed E-state index contributed by atoms with van der Waals surface area (Å²) in [5.41, 5.74) is 1.65. The van der Waals surface area contributed by atoms with E-state index in [1.807, 2.05) is 74.5 Å². The van der Waals surface area contributed by atoms with Gasteiger partial charge >= 0.3 is 7.60 Å². The summed E-state index contributed by atoms with van der Waals surface area (Å²) in [4.78, 5) is 0. The summed E-state index contributed by atoms with van der Waals surface area (Å²) >= 11 is 0. The van der Waals surface area contributed by atoms with Crippen molar-refractivity contribution in [1.29, 1.82) is 0 Å². The molecule has 0 saturated carbocycles. The topological polar surface area (TPSA) is 47.6 Å². The quantitative estimate of drug-likeness (QED) is 0.795. The second kappa shape index (κ2) is 6.48. The number of hydrogen-bond donors (Lipinski definition) is 1. The molecule has 1 heterocycles. The molecule has 122 valence electrons. The summed E-state index contributed by atoms with van der Waals surface area (Å²) in [7, 11) is -3.30. The van der Waals surface area contributed by atoms with Gasteiger partial charge in [0.15, 0.2) is 5.78 Å². The molecule has 1 fully saturated rings. The Balaban J connectivity index is 1.91. The Bertz CT molecular complexity index is 674. The van der Waals surface area contributed by atoms with Gasteiger partial charge in [0.1, 0.15) is 0 Å². The summed E-state index contributed by atoms with van der Waals surface area (Å²) in [6.07, 6.45) is 0. The van der Waals surface area contributed by atoms with E-state index in [4.69, 9.17) is 9.05 Å². The molecule has 0 spiro atoms. The molecule has 1 saturated heterocycles. The van der Waals surface area contributed by atoms with Crippen LogP contribution in [0.1, 0.15) is 25.2 Å². The fraction of sp³-hybridized carbons (Fsp3) is 0.333. The van der Waals surface area contributed by atoms with Crippen molar-refractivity contribution in [3.05, 3.63) is 66.2 Å². The number of rotatable bonds is 4. The van der Waals surface area contributed by atoms with Crippen LogP contribution < -0.4 is 5.32 Å². The average molecular weight is 331 g/mol. The van der Waals surface area contributed by atoms with Crippen molar-refractivity contribution in [2.24, 2.45) is 5.41 Å². The van der Waals surface area contributed by atoms with E-state index < -0.39 is 13.4 Å². The van der Waals surface area contributed by atoms with Crippen LogP contribution in [0.3, 0.4) is 0 Å². The van der Waals surface area contributed by atoms with Gasteiger partial charge in [-0.25, -0.2) is 0 Å². The maximum atomic E-state index is 13.3. The van der Waals surface area contributed by atoms with Crippen LogP contribution in [-0.4, -0.2) is 13.2 Å². The number of para-hydroxylation sites is 1. The molecule has 0 aromatic heterocycles. The molecule has 1 aliphatic heterocycles. The van der Waals surface area contributed by atoms with Gasteiger partial charge in [0.05, 0.1) is 13.2 Å². The van der Waals surface area contributed by atoms with Crippen molar-refractivity contribution in [3.8, 4) is 0 Å². The third-order valence-corrected chi connectivity index (χ3v) is 5.82. The predicted molar refractivity (Wildman–Crippen MR) is 92.5 cm³/mol. The lowest BCUT2D eigenvalue weighted by atomic mass is 9.97. The first kappa shape index (κ1) is 16.3. The molecule has 2 aromatic rings. The van der Waals surface area contributed by atoms with Gasteiger partial charge in [-0.2, -0.15) is 0 Å². The van der Waals surface area contributed by atoms with Crippen molar-refractivity contribution in [2.75, 3.05) is 18.5 Å². The Labute approximate surface area is 137 Å². The van der Waals surface area contributed by atoms with Crippen LogP contribution in [0.4, 0.5) is 5.69 Å². The summed E-state index contributed by atoms with van der Waals surface area (Å²) in [6, 6.07) is 19.4. The van der Waals surface area contributed by atoms with Gasteiger partial charge in [0, 0.05) is 11.1 Å². The van der Waals surface area contributed by atoms with Crippen LogP contribution in [0, 0.1) is 5.41 Å². The SMILES string of the molecule is CC1(C)COP(=O)([C@@H](Nc2ccccc2)c2ccccc2)OC1. The summed E-state index contributed by atoms with van der Waals surface area (Å²) in [6.45, 7) is 4.92. The molecule has 2 aromatic carbocycles. The maximum Gasteiger partial charge on any atom is 0.357 e. The predicted octanol–water partition coefficient (Wildman–Crippen LogP) is 5.06. The lowest BCUT2D eigenvalue weighted by Crippen LogP contribution is -2.31. The van der Waals surface area contributed by atoms with Crippen molar-refractivity contribution in [2.45, 2.75) is 19.6 Å². The van der Waals surface area contributed by atoms with E-state index in [2.05, 4.69) is 5.32 Å². The Morgan fingerprint density at radius 1 is 0.957 bits per heavy atom. The molecule has 5 heteroatoms. The van der Waals surface area contributed by atoms with E-state index in [1.165, 1.54) is 0 Å². The van der Waals surface area contributed by atoms with Gasteiger partial charge in [0.25, 0.3) is 0 Å². The Morgan fingerprint density at radius 3 is 2.04 bits per heavy atom. The van der Waals surface area contributed by atoms with E-state index in [0.29, 0.717) is 13.2 Å². The molecule has 23 heavy (non-hydrogen) atoms. The Hall–Kier alpha value is -1.61. The first-order valence-electron chi connectivity index (χ1n) is 7.74. The van der Waals surface area contributed by atoms with Gasteiger partial charge < -0.3 is 14.4 Å². The largest absolute Gasteiger partial charge is 0.368 e. The fourth-order valence-corrected chi connectivity index (χ4v) is 4.71. The fourth-order valence-electron chi connectivity index (χ4n) is 2.43. The zero-order valence-electron chi connectivity index (χ0n) is 13.4. The van der Waals surface area contributed by atoms with E-state index >= 15 is 0 Å². The minimum atomic E-state index is -3.30. The van der Waals surface area contributed by atoms with Gasteiger partial charge in [-0.3, -0.25) is 4.57 Å². The number of benzene rings is 2. The monoisotopic (exact) mass is 331 g/mol. The molecule has 3 rings (SSSR count). The van der Waals surface area contributed by atoms with E-state index in [0.717, 1.165) is 11.3 Å². The molecule has 1 N–H and O–H groups in total. The number of nitrogens with one attached hydrogen (secondary N) is 1. The number of hydrogen-bond acceptors (Lipinski definition) is 4. The summed E-state index contributed by atoms with van der Waals surface area (Å²) in [5, 5.41) is 3.32. The van der Waals surface area contributed by atoms with Crippen molar-refractivity contribution < 1.29 is 13.6 Å². The van der Waals surface area contributed by atoms with Gasteiger partial charge in [0.2, 0.25) is 0 Å². The van der Waals surface area contributed by atoms with E-state index in [1.54, 1.807) is 0 Å². The zero-order chi connectivity index (χ0) is 16.3. The lowest BCUT2D eigenvalue weighted by molar-refractivity contribution is 0.0387. The third kappa shape index (κ3) is 3.84. The van der Waals surface area contributed by atoms with Crippen LogP contribution in [-0.2, 0) is 13.6 Å². The molecular formula is C18H22NO3P. The highest BCUT2D eigenvalue weighted by molar-refractivity contribution is 7.54. The highest BCUT2D eigenvalue weighted by atomic mass is 31.2. The van der Waals surface area contributed by atoms with Gasteiger partial charge in [-0.1, -0.05) is 62.4 Å². The highest BCUT2D eigenvalue weighted by Crippen LogP contribution is 2.63. The second-order valence-electron chi connectivity index (χ2n) is 6.57. The molecular weight excluding hydrogens is 309 g/mol. The molecule has 0 bridgehead atoms. The molecule has 1 atom stereocenters. The standard InChI is InChI=1S/C18H22NO3P/c1-18(2)13-21-23(20,22-14-18)17(15-9-5-3-6-10-15)19-16-11-7-4-8-12-16/h3-12,17,19H,13-14H2,1-2H3/t17-/m1/s1. The van der Waals surface area contributed by atoms with Crippen LogP contribution in [0.25, 0.3) is 0 Å². The normalized spacial score (nSPS) is 20.6. The highest BCUT2D eigenvalue weighted by Gasteiger charge is 2.43. The summed E-state index contributed by atoms with van der Waals surface area (Å²) in [5.74, 6) is -0.526. The van der Waals surface area contributed by atoms with E-state index in [9.17, 15) is 4.57 Å². The molecule has 4 nitrogen and oxygen atoms in total. The van der Waals surface area contributed by atoms with E-state index in [-0.39, 0.29) is 5.41 Å². The Kier molecular flexibility index (Phi) is 4.58. The first-order chi connectivity index (χ1) is 11.0. The van der Waals surface area contributed by atoms with Crippen molar-refractivity contribution >= 4 is 13.3 Å². The van der Waals surface area contributed by atoms with Crippen LogP contribution in [0.5, 0.6) is 0 Å². The van der Waals surface area contributed by atoms with Crippen molar-refractivity contribution in [1.82, 2.24) is 0 Å². The Morgan fingerprint density at radius 2 is 1.48 bits per heavy atom. The van der Waals surface area contributed by atoms with Crippen molar-refractivity contribution in [3.63, 3.8) is 0 Å². The smallest absolute Gasteiger partial charge is 0.357 e. The molecule has 0 amide bonds. The zero-order valence-corrected chi connectivity index (χ0v) is 14.3. The minimum Gasteiger partial charge on any atom is -0.368 e. The second-order valence-corrected chi connectivity index (χ2v) is 8.69. The molecule has 1 aliphatic rings. The molecule has 0 aliphatic carbocycles. The van der Waals surface area contributed by atoms with Crippen LogP contribution in [0.2, 0.25) is 0 Å². The third-order valence-electron chi connectivity index (χ3n) is 3.78. The summed E-state index contributed by atoms with van der Waals surface area (Å²) < 4.78 is 24.8. The van der Waals surface area contributed by atoms with Gasteiger partial charge in [-0.05, 0) is 17.7 Å². The minimum absolute atomic E-state index is 0.123. The van der Waals surface area contributed by atoms with Crippen LogP contribution in [0.15, 0.2) is 60.7 Å². The average Bonchev–Trinajstić information content (AvgIpc) is 2.57.